The van der Waals surface area contributed by atoms with Gasteiger partial charge in [0.2, 0.25) is 5.88 Å². The number of aromatic nitrogens is 1. The Labute approximate surface area is 141 Å². The van der Waals surface area contributed by atoms with Gasteiger partial charge in [-0.1, -0.05) is 36.3 Å². The number of hydrogen-bond donors (Lipinski definition) is 1. The quantitative estimate of drug-likeness (QED) is 0.768. The molecule has 0 unspecified atom stereocenters. The lowest BCUT2D eigenvalue weighted by Gasteiger charge is -2.17. The van der Waals surface area contributed by atoms with E-state index in [1.165, 1.54) is 6.20 Å². The topological polar surface area (TPSA) is 75.4 Å². The molecule has 0 saturated heterocycles. The van der Waals surface area contributed by atoms with Crippen molar-refractivity contribution >= 4 is 32.4 Å². The average molecular weight is 345 g/mol. The zero-order valence-corrected chi connectivity index (χ0v) is 14.6. The standard InChI is InChI=1S/C17H19N3O3S/c1-4-12-11-18-23-17(12)19-24(21,22)16-10-6-7-13-14(16)8-5-9-15(13)20(2)3/h5-11,19H,4H2,1-3H3. The van der Waals surface area contributed by atoms with Crippen LogP contribution in [0.15, 0.2) is 52.0 Å². The Bertz CT molecular complexity index is 978. The number of hydrogen-bond acceptors (Lipinski definition) is 5. The largest absolute Gasteiger partial charge is 0.377 e. The van der Waals surface area contributed by atoms with Gasteiger partial charge >= 0.3 is 0 Å². The summed E-state index contributed by atoms with van der Waals surface area (Å²) in [6.07, 6.45) is 2.15. The molecule has 6 nitrogen and oxygen atoms in total. The van der Waals surface area contributed by atoms with Gasteiger partial charge in [0.1, 0.15) is 0 Å². The molecule has 0 aliphatic heterocycles. The molecule has 24 heavy (non-hydrogen) atoms. The molecule has 0 aliphatic carbocycles. The smallest absolute Gasteiger partial charge is 0.264 e. The third-order valence-electron chi connectivity index (χ3n) is 3.88. The molecule has 7 heteroatoms. The van der Waals surface area contributed by atoms with E-state index in [2.05, 4.69) is 9.88 Å². The molecule has 1 aromatic heterocycles. The van der Waals surface area contributed by atoms with E-state index in [1.54, 1.807) is 18.2 Å². The van der Waals surface area contributed by atoms with Crippen molar-refractivity contribution < 1.29 is 12.9 Å². The van der Waals surface area contributed by atoms with Gasteiger partial charge < -0.3 is 9.42 Å². The van der Waals surface area contributed by atoms with E-state index in [-0.39, 0.29) is 10.8 Å². The van der Waals surface area contributed by atoms with Crippen molar-refractivity contribution in [3.8, 4) is 0 Å². The van der Waals surface area contributed by atoms with Crippen molar-refractivity contribution in [2.75, 3.05) is 23.7 Å². The second-order valence-electron chi connectivity index (χ2n) is 5.66. The number of sulfonamides is 1. The fourth-order valence-corrected chi connectivity index (χ4v) is 3.91. The Kier molecular flexibility index (Phi) is 4.19. The lowest BCUT2D eigenvalue weighted by molar-refractivity contribution is 0.435. The van der Waals surface area contributed by atoms with E-state index in [0.29, 0.717) is 17.4 Å². The summed E-state index contributed by atoms with van der Waals surface area (Å²) >= 11 is 0. The summed E-state index contributed by atoms with van der Waals surface area (Å²) in [5.41, 5.74) is 1.67. The molecule has 1 N–H and O–H groups in total. The Morgan fingerprint density at radius 2 is 1.83 bits per heavy atom. The highest BCUT2D eigenvalue weighted by Gasteiger charge is 2.21. The first-order chi connectivity index (χ1) is 11.4. The molecule has 126 valence electrons. The van der Waals surface area contributed by atoms with Gasteiger partial charge in [0.05, 0.1) is 11.1 Å². The Morgan fingerprint density at radius 3 is 2.54 bits per heavy atom. The van der Waals surface area contributed by atoms with Gasteiger partial charge in [-0.05, 0) is 18.6 Å². The number of rotatable bonds is 5. The molecule has 0 amide bonds. The number of anilines is 2. The zero-order chi connectivity index (χ0) is 17.3. The maximum Gasteiger partial charge on any atom is 0.264 e. The maximum absolute atomic E-state index is 12.9. The van der Waals surface area contributed by atoms with Crippen LogP contribution in [0.4, 0.5) is 11.6 Å². The molecule has 0 fully saturated rings. The van der Waals surface area contributed by atoms with Crippen LogP contribution in [0.5, 0.6) is 0 Å². The van der Waals surface area contributed by atoms with Crippen molar-refractivity contribution in [1.29, 1.82) is 0 Å². The van der Waals surface area contributed by atoms with Crippen LogP contribution in [0.25, 0.3) is 10.8 Å². The van der Waals surface area contributed by atoms with E-state index in [4.69, 9.17) is 4.52 Å². The third-order valence-corrected chi connectivity index (χ3v) is 5.27. The van der Waals surface area contributed by atoms with Crippen molar-refractivity contribution in [3.63, 3.8) is 0 Å². The predicted molar refractivity (Wildman–Crippen MR) is 95.0 cm³/mol. The van der Waals surface area contributed by atoms with Crippen LogP contribution < -0.4 is 9.62 Å². The van der Waals surface area contributed by atoms with E-state index in [0.717, 1.165) is 11.1 Å². The summed E-state index contributed by atoms with van der Waals surface area (Å²) in [5, 5.41) is 5.20. The molecule has 0 spiro atoms. The van der Waals surface area contributed by atoms with E-state index in [9.17, 15) is 8.42 Å². The summed E-state index contributed by atoms with van der Waals surface area (Å²) in [6.45, 7) is 1.91. The summed E-state index contributed by atoms with van der Waals surface area (Å²) in [6, 6.07) is 10.9. The first kappa shape index (κ1) is 16.3. The van der Waals surface area contributed by atoms with Crippen LogP contribution in [-0.2, 0) is 16.4 Å². The van der Waals surface area contributed by atoms with Gasteiger partial charge in [-0.3, -0.25) is 0 Å². The number of nitrogens with zero attached hydrogens (tertiary/aromatic N) is 2. The van der Waals surface area contributed by atoms with Gasteiger partial charge in [-0.15, -0.1) is 0 Å². The molecular formula is C17H19N3O3S. The highest BCUT2D eigenvalue weighted by molar-refractivity contribution is 7.93. The monoisotopic (exact) mass is 345 g/mol. The molecule has 0 radical (unpaired) electrons. The highest BCUT2D eigenvalue weighted by Crippen LogP contribution is 2.31. The van der Waals surface area contributed by atoms with Crippen molar-refractivity contribution in [2.24, 2.45) is 0 Å². The first-order valence-electron chi connectivity index (χ1n) is 7.59. The average Bonchev–Trinajstić information content (AvgIpc) is 2.99. The number of benzene rings is 2. The van der Waals surface area contributed by atoms with Gasteiger partial charge in [0.25, 0.3) is 10.0 Å². The van der Waals surface area contributed by atoms with E-state index in [1.807, 2.05) is 44.1 Å². The molecular weight excluding hydrogens is 326 g/mol. The number of fused-ring (bicyclic) bond motifs is 1. The zero-order valence-electron chi connectivity index (χ0n) is 13.8. The minimum Gasteiger partial charge on any atom is -0.377 e. The van der Waals surface area contributed by atoms with E-state index >= 15 is 0 Å². The summed E-state index contributed by atoms with van der Waals surface area (Å²) < 4.78 is 33.2. The van der Waals surface area contributed by atoms with Crippen LogP contribution in [0.1, 0.15) is 12.5 Å². The molecule has 1 heterocycles. The Morgan fingerprint density at radius 1 is 1.12 bits per heavy atom. The van der Waals surface area contributed by atoms with Crippen molar-refractivity contribution in [1.82, 2.24) is 5.16 Å². The minimum absolute atomic E-state index is 0.165. The number of aryl methyl sites for hydroxylation is 1. The van der Waals surface area contributed by atoms with Crippen LogP contribution in [0.3, 0.4) is 0 Å². The highest BCUT2D eigenvalue weighted by atomic mass is 32.2. The molecule has 3 aromatic rings. The fraction of sp³-hybridized carbons (Fsp3) is 0.235. The van der Waals surface area contributed by atoms with Crippen LogP contribution in [-0.4, -0.2) is 27.7 Å². The van der Waals surface area contributed by atoms with Crippen molar-refractivity contribution in [3.05, 3.63) is 48.2 Å². The first-order valence-corrected chi connectivity index (χ1v) is 9.08. The van der Waals surface area contributed by atoms with Gasteiger partial charge in [0, 0.05) is 36.1 Å². The molecule has 3 rings (SSSR count). The Hall–Kier alpha value is -2.54. The summed E-state index contributed by atoms with van der Waals surface area (Å²) in [7, 11) is 0.0665. The van der Waals surface area contributed by atoms with Gasteiger partial charge in [0.15, 0.2) is 0 Å². The molecule has 0 aliphatic rings. The SMILES string of the molecule is CCc1cnoc1NS(=O)(=O)c1cccc2c(N(C)C)cccc12. The second-order valence-corrected chi connectivity index (χ2v) is 7.31. The Balaban J connectivity index is 2.13. The van der Waals surface area contributed by atoms with E-state index < -0.39 is 10.0 Å². The summed E-state index contributed by atoms with van der Waals surface area (Å²) in [4.78, 5) is 2.17. The van der Waals surface area contributed by atoms with Gasteiger partial charge in [-0.2, -0.15) is 0 Å². The molecule has 0 saturated carbocycles. The van der Waals surface area contributed by atoms with Gasteiger partial charge in [-0.25, -0.2) is 13.1 Å². The number of nitrogens with one attached hydrogen (secondary N) is 1. The normalized spacial score (nSPS) is 11.6. The molecule has 0 atom stereocenters. The lowest BCUT2D eigenvalue weighted by Crippen LogP contribution is -2.14. The van der Waals surface area contributed by atoms with Crippen molar-refractivity contribution in [2.45, 2.75) is 18.2 Å². The van der Waals surface area contributed by atoms with Crippen LogP contribution >= 0.6 is 0 Å². The predicted octanol–water partition coefficient (Wildman–Crippen LogP) is 3.26. The lowest BCUT2D eigenvalue weighted by atomic mass is 10.1. The van der Waals surface area contributed by atoms with Crippen LogP contribution in [0.2, 0.25) is 0 Å². The third kappa shape index (κ3) is 2.82. The van der Waals surface area contributed by atoms with Crippen LogP contribution in [0, 0.1) is 0 Å². The second kappa shape index (κ2) is 6.16. The fourth-order valence-electron chi connectivity index (χ4n) is 2.66. The maximum atomic E-state index is 12.9. The minimum atomic E-state index is -3.79. The molecule has 0 bridgehead atoms. The molecule has 2 aromatic carbocycles. The summed E-state index contributed by atoms with van der Waals surface area (Å²) in [5.74, 6) is 0.165.